The summed E-state index contributed by atoms with van der Waals surface area (Å²) in [4.78, 5) is 21.1. The van der Waals surface area contributed by atoms with E-state index in [1.54, 1.807) is 6.07 Å². The van der Waals surface area contributed by atoms with Crippen LogP contribution >= 0.6 is 0 Å². The van der Waals surface area contributed by atoms with Crippen LogP contribution in [0, 0.1) is 0 Å². The molecule has 0 heterocycles. The van der Waals surface area contributed by atoms with Crippen LogP contribution in [-0.4, -0.2) is 23.7 Å². The number of benzene rings is 1. The van der Waals surface area contributed by atoms with E-state index in [4.69, 9.17) is 0 Å². The molecule has 0 atom stereocenters. The first-order valence-corrected chi connectivity index (χ1v) is 4.65. The Morgan fingerprint density at radius 2 is 2.27 bits per heavy atom. The molecule has 80 valence electrons. The first-order valence-electron chi connectivity index (χ1n) is 4.65. The first kappa shape index (κ1) is 11.2. The van der Waals surface area contributed by atoms with Gasteiger partial charge in [0, 0.05) is 24.7 Å². The van der Waals surface area contributed by atoms with Crippen molar-refractivity contribution in [3.63, 3.8) is 0 Å². The Labute approximate surface area is 87.9 Å². The lowest BCUT2D eigenvalue weighted by Gasteiger charge is -2.06. The molecule has 1 rings (SSSR count). The maximum atomic E-state index is 10.7. The Morgan fingerprint density at radius 1 is 1.53 bits per heavy atom. The molecule has 0 aromatic heterocycles. The van der Waals surface area contributed by atoms with E-state index in [-0.39, 0.29) is 17.1 Å². The number of ketones is 1. The van der Waals surface area contributed by atoms with Gasteiger partial charge in [-0.3, -0.25) is 9.59 Å². The van der Waals surface area contributed by atoms with Crippen molar-refractivity contribution in [3.8, 4) is 5.75 Å². The summed E-state index contributed by atoms with van der Waals surface area (Å²) in [5.74, 6) is 0.0501. The van der Waals surface area contributed by atoms with Crippen molar-refractivity contribution in [1.29, 1.82) is 0 Å². The van der Waals surface area contributed by atoms with Gasteiger partial charge in [-0.2, -0.15) is 0 Å². The van der Waals surface area contributed by atoms with Crippen molar-refractivity contribution >= 4 is 17.8 Å². The van der Waals surface area contributed by atoms with Crippen molar-refractivity contribution in [3.05, 3.63) is 23.8 Å². The highest BCUT2D eigenvalue weighted by Crippen LogP contribution is 2.20. The third-order valence-electron chi connectivity index (χ3n) is 1.96. The number of hydrogen-bond acceptors (Lipinski definition) is 4. The van der Waals surface area contributed by atoms with Gasteiger partial charge in [0.05, 0.1) is 5.56 Å². The number of carbonyl (C=O) groups excluding carboxylic acids is 2. The SMILES string of the molecule is CC(=O)CCNc1ccc(C=O)c(O)c1. The summed E-state index contributed by atoms with van der Waals surface area (Å²) in [5.41, 5.74) is 0.950. The van der Waals surface area contributed by atoms with E-state index in [1.165, 1.54) is 19.1 Å². The molecule has 0 fully saturated rings. The van der Waals surface area contributed by atoms with Gasteiger partial charge in [0.25, 0.3) is 0 Å². The zero-order valence-corrected chi connectivity index (χ0v) is 8.49. The molecule has 0 radical (unpaired) electrons. The van der Waals surface area contributed by atoms with Gasteiger partial charge in [-0.15, -0.1) is 0 Å². The fourth-order valence-corrected chi connectivity index (χ4v) is 1.14. The molecule has 0 amide bonds. The number of aromatic hydroxyl groups is 1. The van der Waals surface area contributed by atoms with E-state index in [0.717, 1.165) is 0 Å². The summed E-state index contributed by atoms with van der Waals surface area (Å²) in [6.45, 7) is 2.05. The van der Waals surface area contributed by atoms with Crippen LogP contribution in [-0.2, 0) is 4.79 Å². The number of anilines is 1. The standard InChI is InChI=1S/C11H13NO3/c1-8(14)4-5-12-10-3-2-9(7-13)11(15)6-10/h2-3,6-7,12,15H,4-5H2,1H3. The summed E-state index contributed by atoms with van der Waals surface area (Å²) in [5, 5.41) is 12.3. The summed E-state index contributed by atoms with van der Waals surface area (Å²) in [6, 6.07) is 4.67. The highest BCUT2D eigenvalue weighted by Gasteiger charge is 2.01. The second-order valence-corrected chi connectivity index (χ2v) is 3.27. The van der Waals surface area contributed by atoms with Gasteiger partial charge < -0.3 is 10.4 Å². The summed E-state index contributed by atoms with van der Waals surface area (Å²) < 4.78 is 0. The number of rotatable bonds is 5. The number of carbonyl (C=O) groups is 2. The molecule has 2 N–H and O–H groups in total. The zero-order chi connectivity index (χ0) is 11.3. The minimum absolute atomic E-state index is 0.0576. The molecule has 0 bridgehead atoms. The molecule has 4 heteroatoms. The molecule has 15 heavy (non-hydrogen) atoms. The lowest BCUT2D eigenvalue weighted by atomic mass is 10.2. The van der Waals surface area contributed by atoms with E-state index < -0.39 is 0 Å². The van der Waals surface area contributed by atoms with Gasteiger partial charge >= 0.3 is 0 Å². The van der Waals surface area contributed by atoms with Crippen molar-refractivity contribution in [1.82, 2.24) is 0 Å². The van der Waals surface area contributed by atoms with Crippen LogP contribution in [0.25, 0.3) is 0 Å². The van der Waals surface area contributed by atoms with Crippen LogP contribution in [0.3, 0.4) is 0 Å². The van der Waals surface area contributed by atoms with Crippen LogP contribution < -0.4 is 5.32 Å². The third kappa shape index (κ3) is 3.42. The first-order chi connectivity index (χ1) is 7.13. The Kier molecular flexibility index (Phi) is 3.85. The smallest absolute Gasteiger partial charge is 0.153 e. The molecule has 0 saturated carbocycles. The average Bonchev–Trinajstić information content (AvgIpc) is 2.17. The molecule has 1 aromatic rings. The van der Waals surface area contributed by atoms with Crippen molar-refractivity contribution in [2.75, 3.05) is 11.9 Å². The van der Waals surface area contributed by atoms with E-state index in [0.29, 0.717) is 24.9 Å². The lowest BCUT2D eigenvalue weighted by molar-refractivity contribution is -0.116. The second-order valence-electron chi connectivity index (χ2n) is 3.27. The van der Waals surface area contributed by atoms with Crippen molar-refractivity contribution in [2.45, 2.75) is 13.3 Å². The van der Waals surface area contributed by atoms with Gasteiger partial charge in [-0.25, -0.2) is 0 Å². The normalized spacial score (nSPS) is 9.67. The number of hydrogen-bond donors (Lipinski definition) is 2. The molecular weight excluding hydrogens is 194 g/mol. The quantitative estimate of drug-likeness (QED) is 0.719. The van der Waals surface area contributed by atoms with Gasteiger partial charge in [0.15, 0.2) is 6.29 Å². The Hall–Kier alpha value is -1.84. The van der Waals surface area contributed by atoms with E-state index in [2.05, 4.69) is 5.32 Å². The Balaban J connectivity index is 2.59. The average molecular weight is 207 g/mol. The van der Waals surface area contributed by atoms with Gasteiger partial charge in [0.1, 0.15) is 11.5 Å². The lowest BCUT2D eigenvalue weighted by Crippen LogP contribution is -2.05. The highest BCUT2D eigenvalue weighted by molar-refractivity contribution is 5.80. The zero-order valence-electron chi connectivity index (χ0n) is 8.49. The Bertz CT molecular complexity index is 374. The van der Waals surface area contributed by atoms with Crippen LogP contribution in [0.15, 0.2) is 18.2 Å². The maximum Gasteiger partial charge on any atom is 0.153 e. The highest BCUT2D eigenvalue weighted by atomic mass is 16.3. The topological polar surface area (TPSA) is 66.4 Å². The minimum Gasteiger partial charge on any atom is -0.507 e. The van der Waals surface area contributed by atoms with E-state index in [1.807, 2.05) is 0 Å². The van der Waals surface area contributed by atoms with Crippen LogP contribution in [0.4, 0.5) is 5.69 Å². The fourth-order valence-electron chi connectivity index (χ4n) is 1.14. The third-order valence-corrected chi connectivity index (χ3v) is 1.96. The predicted octanol–water partition coefficient (Wildman–Crippen LogP) is 1.60. The van der Waals surface area contributed by atoms with Crippen molar-refractivity contribution < 1.29 is 14.7 Å². The van der Waals surface area contributed by atoms with E-state index in [9.17, 15) is 14.7 Å². The number of phenols is 1. The fraction of sp³-hybridized carbons (Fsp3) is 0.273. The van der Waals surface area contributed by atoms with Crippen LogP contribution in [0.1, 0.15) is 23.7 Å². The summed E-state index contributed by atoms with van der Waals surface area (Å²) >= 11 is 0. The molecule has 0 aliphatic carbocycles. The summed E-state index contributed by atoms with van der Waals surface area (Å²) in [7, 11) is 0. The number of Topliss-reactive ketones (excluding diaryl/α,β-unsaturated/α-hetero) is 1. The monoisotopic (exact) mass is 207 g/mol. The molecule has 0 aliphatic rings. The molecule has 4 nitrogen and oxygen atoms in total. The molecule has 0 aliphatic heterocycles. The number of nitrogens with one attached hydrogen (secondary N) is 1. The number of aldehydes is 1. The Morgan fingerprint density at radius 3 is 2.80 bits per heavy atom. The van der Waals surface area contributed by atoms with Crippen LogP contribution in [0.2, 0.25) is 0 Å². The van der Waals surface area contributed by atoms with Gasteiger partial charge in [0.2, 0.25) is 0 Å². The second kappa shape index (κ2) is 5.14. The van der Waals surface area contributed by atoms with Crippen LogP contribution in [0.5, 0.6) is 5.75 Å². The van der Waals surface area contributed by atoms with Gasteiger partial charge in [-0.05, 0) is 19.1 Å². The maximum absolute atomic E-state index is 10.7. The van der Waals surface area contributed by atoms with E-state index >= 15 is 0 Å². The molecular formula is C11H13NO3. The molecule has 0 unspecified atom stereocenters. The number of phenolic OH excluding ortho intramolecular Hbond substituents is 1. The summed E-state index contributed by atoms with van der Waals surface area (Å²) in [6.07, 6.45) is 1.03. The molecule has 0 spiro atoms. The van der Waals surface area contributed by atoms with Gasteiger partial charge in [-0.1, -0.05) is 0 Å². The predicted molar refractivity (Wildman–Crippen MR) is 57.3 cm³/mol. The van der Waals surface area contributed by atoms with Crippen molar-refractivity contribution in [2.24, 2.45) is 0 Å². The molecule has 1 aromatic carbocycles. The molecule has 0 saturated heterocycles. The largest absolute Gasteiger partial charge is 0.507 e. The minimum atomic E-state index is -0.0576.